The maximum atomic E-state index is 4.85. The fourth-order valence-corrected chi connectivity index (χ4v) is 0. The molecule has 10 N–H and O–H groups in total. The molecular formula is C28H87N5. The third-order valence-electron chi connectivity index (χ3n) is 0. The Morgan fingerprint density at radius 2 is 0.242 bits per heavy atom. The number of rotatable bonds is 0. The topological polar surface area (TPSA) is 130 Å². The molecule has 0 aromatic rings. The molecule has 0 saturated carbocycles. The zero-order valence-corrected chi connectivity index (χ0v) is 25.0. The third kappa shape index (κ3) is 706000. The molecule has 0 radical (unpaired) electrons. The number of hydrogen-bond donors (Lipinski definition) is 5. The Hall–Kier alpha value is -0.200. The van der Waals surface area contributed by atoms with Gasteiger partial charge in [-0.3, -0.25) is 0 Å². The van der Waals surface area contributed by atoms with E-state index in [0.29, 0.717) is 0 Å². The molecule has 5 heteroatoms. The van der Waals surface area contributed by atoms with Crippen molar-refractivity contribution in [3.8, 4) is 0 Å². The van der Waals surface area contributed by atoms with Crippen molar-refractivity contribution in [1.82, 2.24) is 0 Å². The minimum Gasteiger partial charge on any atom is -0.331 e. The molecule has 0 aliphatic carbocycles. The van der Waals surface area contributed by atoms with Crippen LogP contribution in [0.4, 0.5) is 0 Å². The molecule has 0 saturated heterocycles. The number of nitrogens with two attached hydrogens (primary N) is 5. The van der Waals surface area contributed by atoms with Gasteiger partial charge in [0, 0.05) is 0 Å². The van der Waals surface area contributed by atoms with Gasteiger partial charge < -0.3 is 28.7 Å². The highest BCUT2D eigenvalue weighted by Gasteiger charge is 1.37. The van der Waals surface area contributed by atoms with Crippen LogP contribution in [-0.2, 0) is 0 Å². The van der Waals surface area contributed by atoms with Crippen molar-refractivity contribution in [1.29, 1.82) is 0 Å². The van der Waals surface area contributed by atoms with E-state index in [4.69, 9.17) is 28.7 Å². The largest absolute Gasteiger partial charge is 0.331 e. The second-order valence-electron chi connectivity index (χ2n) is 5.58. The Morgan fingerprint density at radius 1 is 0.242 bits per heavy atom. The first-order valence-corrected chi connectivity index (χ1v) is 12.6. The normalized spacial score (nSPS) is 5.45. The minimum atomic E-state index is 0. The van der Waals surface area contributed by atoms with Gasteiger partial charge in [0.25, 0.3) is 0 Å². The Labute approximate surface area is 219 Å². The molecule has 0 spiro atoms. The zero-order valence-electron chi connectivity index (χ0n) is 25.0. The number of hydrogen-bond acceptors (Lipinski definition) is 5. The van der Waals surface area contributed by atoms with Gasteiger partial charge in [0.15, 0.2) is 0 Å². The summed E-state index contributed by atoms with van der Waals surface area (Å²) in [4.78, 5) is 0. The molecule has 0 amide bonds. The molecular weight excluding hydrogens is 406 g/mol. The van der Waals surface area contributed by atoms with Gasteiger partial charge in [-0.25, -0.2) is 0 Å². The summed E-state index contributed by atoms with van der Waals surface area (Å²) in [6, 6.07) is 0. The first-order valence-electron chi connectivity index (χ1n) is 12.6. The molecule has 33 heavy (non-hydrogen) atoms. The molecule has 0 unspecified atom stereocenters. The van der Waals surface area contributed by atoms with Crippen molar-refractivity contribution >= 4 is 0 Å². The maximum Gasteiger partial charge on any atom is -0.0106 e. The molecule has 0 rings (SSSR count). The Kier molecular flexibility index (Phi) is 805. The molecule has 5 nitrogen and oxygen atoms in total. The smallest absolute Gasteiger partial charge is 0.0106 e. The van der Waals surface area contributed by atoms with Gasteiger partial charge in [-0.2, -0.15) is 0 Å². The van der Waals surface area contributed by atoms with Crippen molar-refractivity contribution in [2.75, 3.05) is 32.7 Å². The van der Waals surface area contributed by atoms with Crippen molar-refractivity contribution in [3.05, 3.63) is 0 Å². The summed E-state index contributed by atoms with van der Waals surface area (Å²) in [5.41, 5.74) is 24.2. The first kappa shape index (κ1) is 84.6. The standard InChI is InChI=1S/5C3H8.5C2H7N.3CH4/c5*1-3-2;5*1-2-3;;;/h5*3H2,1-2H3;5*2-3H2,1H3;3*1H4. The average Bonchev–Trinajstić information content (AvgIpc) is 2.61. The van der Waals surface area contributed by atoms with Crippen molar-refractivity contribution in [2.45, 2.75) is 158 Å². The predicted octanol–water partition coefficient (Wildman–Crippen LogP) is 8.81. The van der Waals surface area contributed by atoms with Gasteiger partial charge in [-0.05, 0) is 32.7 Å². The van der Waals surface area contributed by atoms with Gasteiger partial charge in [0.05, 0.1) is 0 Å². The lowest BCUT2D eigenvalue weighted by Crippen LogP contribution is -1.87. The van der Waals surface area contributed by atoms with Crippen LogP contribution in [0.5, 0.6) is 0 Å². The summed E-state index contributed by atoms with van der Waals surface area (Å²) in [6.45, 7) is 34.5. The quantitative estimate of drug-likeness (QED) is 0.230. The van der Waals surface area contributed by atoms with Crippen LogP contribution >= 0.6 is 0 Å². The Balaban J connectivity index is -0.0000000121. The van der Waals surface area contributed by atoms with Crippen molar-refractivity contribution < 1.29 is 0 Å². The summed E-state index contributed by atoms with van der Waals surface area (Å²) in [5.74, 6) is 0. The molecule has 0 heterocycles. The van der Waals surface area contributed by atoms with Gasteiger partial charge >= 0.3 is 0 Å². The monoisotopic (exact) mass is 494 g/mol. The Bertz CT molecular complexity index is 53.5. The molecule has 0 aromatic carbocycles. The van der Waals surface area contributed by atoms with Crippen LogP contribution in [0.2, 0.25) is 0 Å². The van der Waals surface area contributed by atoms with Crippen LogP contribution < -0.4 is 28.7 Å². The highest BCUT2D eigenvalue weighted by atomic mass is 14.5. The SMILES string of the molecule is C.C.C.CCC.CCC.CCC.CCC.CCC.CCN.CCN.CCN.CCN.CCN. The lowest BCUT2D eigenvalue weighted by Gasteiger charge is -1.53. The van der Waals surface area contributed by atoms with Crippen LogP contribution in [0.3, 0.4) is 0 Å². The summed E-state index contributed by atoms with van der Waals surface area (Å²) in [6.07, 6.45) is 6.25. The lowest BCUT2D eigenvalue weighted by atomic mass is 10.6. The molecule has 0 atom stereocenters. The van der Waals surface area contributed by atoms with E-state index in [1.165, 1.54) is 32.1 Å². The van der Waals surface area contributed by atoms with Crippen LogP contribution in [-0.4, -0.2) is 32.7 Å². The molecule has 0 fully saturated rings. The minimum absolute atomic E-state index is 0. The van der Waals surface area contributed by atoms with Crippen LogP contribution in [0.15, 0.2) is 0 Å². The molecule has 0 bridgehead atoms. The second-order valence-corrected chi connectivity index (χ2v) is 5.58. The van der Waals surface area contributed by atoms with E-state index in [9.17, 15) is 0 Å². The highest BCUT2D eigenvalue weighted by Crippen LogP contribution is 1.57. The van der Waals surface area contributed by atoms with E-state index in [1.54, 1.807) is 0 Å². The van der Waals surface area contributed by atoms with Gasteiger partial charge in [0.2, 0.25) is 0 Å². The van der Waals surface area contributed by atoms with E-state index < -0.39 is 0 Å². The fraction of sp³-hybridized carbons (Fsp3) is 1.00. The molecule has 0 aliphatic heterocycles. The fourth-order valence-electron chi connectivity index (χ4n) is 0. The van der Waals surface area contributed by atoms with Gasteiger partial charge in [0.1, 0.15) is 0 Å². The van der Waals surface area contributed by atoms with Crippen LogP contribution in [0.1, 0.15) is 158 Å². The second kappa shape index (κ2) is 314. The summed E-state index contributed by atoms with van der Waals surface area (Å²) in [7, 11) is 0. The third-order valence-corrected chi connectivity index (χ3v) is 0. The molecule has 0 aromatic heterocycles. The Morgan fingerprint density at radius 3 is 0.242 bits per heavy atom. The highest BCUT2D eigenvalue weighted by molar-refractivity contribution is 4.01. The maximum absolute atomic E-state index is 4.85. The summed E-state index contributed by atoms with van der Waals surface area (Å²) in [5, 5.41) is 0. The van der Waals surface area contributed by atoms with Gasteiger partial charge in [-0.15, -0.1) is 0 Å². The van der Waals surface area contributed by atoms with E-state index in [-0.39, 0.29) is 22.3 Å². The zero-order chi connectivity index (χ0) is 27.1. The van der Waals surface area contributed by atoms with Crippen LogP contribution in [0.25, 0.3) is 0 Å². The van der Waals surface area contributed by atoms with E-state index in [0.717, 1.165) is 32.7 Å². The van der Waals surface area contributed by atoms with Crippen molar-refractivity contribution in [3.63, 3.8) is 0 Å². The van der Waals surface area contributed by atoms with Crippen LogP contribution in [0, 0.1) is 0 Å². The van der Waals surface area contributed by atoms with Crippen molar-refractivity contribution in [2.24, 2.45) is 28.7 Å². The average molecular weight is 494 g/mol. The van der Waals surface area contributed by atoms with Gasteiger partial charge in [-0.1, -0.05) is 158 Å². The van der Waals surface area contributed by atoms with E-state index in [2.05, 4.69) is 69.2 Å². The lowest BCUT2D eigenvalue weighted by molar-refractivity contribution is 1.09. The molecule has 224 valence electrons. The summed E-state index contributed by atoms with van der Waals surface area (Å²) >= 11 is 0. The van der Waals surface area contributed by atoms with E-state index >= 15 is 0 Å². The van der Waals surface area contributed by atoms with E-state index in [1.807, 2.05) is 34.6 Å². The first-order chi connectivity index (χ1) is 14.1. The predicted molar refractivity (Wildman–Crippen MR) is 174 cm³/mol. The summed E-state index contributed by atoms with van der Waals surface area (Å²) < 4.78 is 0. The molecule has 0 aliphatic rings.